The predicted octanol–water partition coefficient (Wildman–Crippen LogP) is 3.92. The molecule has 1 aromatic heterocycles. The van der Waals surface area contributed by atoms with Crippen LogP contribution in [0, 0.1) is 5.92 Å². The SMILES string of the molecule is CC(C)Cn1nccc1NC(=O)CSc1ccc(Cl)cc1. The molecule has 112 valence electrons. The van der Waals surface area contributed by atoms with Crippen LogP contribution in [-0.4, -0.2) is 21.4 Å². The first-order chi connectivity index (χ1) is 10.0. The van der Waals surface area contributed by atoms with Crippen molar-refractivity contribution in [2.75, 3.05) is 11.1 Å². The van der Waals surface area contributed by atoms with Crippen LogP contribution in [0.3, 0.4) is 0 Å². The minimum atomic E-state index is -0.0412. The molecule has 0 radical (unpaired) electrons. The van der Waals surface area contributed by atoms with Gasteiger partial charge in [0.05, 0.1) is 11.9 Å². The number of amides is 1. The second-order valence-electron chi connectivity index (χ2n) is 5.08. The Morgan fingerprint density at radius 3 is 2.71 bits per heavy atom. The van der Waals surface area contributed by atoms with Crippen LogP contribution in [0.1, 0.15) is 13.8 Å². The van der Waals surface area contributed by atoms with E-state index in [9.17, 15) is 4.79 Å². The molecular formula is C15H18ClN3OS. The quantitative estimate of drug-likeness (QED) is 0.819. The second kappa shape index (κ2) is 7.52. The van der Waals surface area contributed by atoms with Crippen molar-refractivity contribution in [3.05, 3.63) is 41.6 Å². The van der Waals surface area contributed by atoms with Crippen molar-refractivity contribution < 1.29 is 4.79 Å². The van der Waals surface area contributed by atoms with E-state index in [1.165, 1.54) is 11.8 Å². The lowest BCUT2D eigenvalue weighted by atomic mass is 10.2. The fraction of sp³-hybridized carbons (Fsp3) is 0.333. The number of nitrogens with one attached hydrogen (secondary N) is 1. The second-order valence-corrected chi connectivity index (χ2v) is 6.57. The molecule has 0 aliphatic heterocycles. The van der Waals surface area contributed by atoms with Gasteiger partial charge >= 0.3 is 0 Å². The van der Waals surface area contributed by atoms with Crippen LogP contribution in [0.25, 0.3) is 0 Å². The lowest BCUT2D eigenvalue weighted by Crippen LogP contribution is -2.18. The third kappa shape index (κ3) is 5.10. The number of carbonyl (C=O) groups is 1. The molecule has 0 saturated carbocycles. The first-order valence-electron chi connectivity index (χ1n) is 6.74. The largest absolute Gasteiger partial charge is 0.310 e. The van der Waals surface area contributed by atoms with E-state index in [1.807, 2.05) is 35.0 Å². The van der Waals surface area contributed by atoms with Crippen molar-refractivity contribution in [3.8, 4) is 0 Å². The van der Waals surface area contributed by atoms with E-state index in [0.717, 1.165) is 17.3 Å². The molecule has 1 aromatic carbocycles. The normalized spacial score (nSPS) is 10.9. The maximum absolute atomic E-state index is 12.0. The molecule has 2 aromatic rings. The number of hydrogen-bond acceptors (Lipinski definition) is 3. The summed E-state index contributed by atoms with van der Waals surface area (Å²) in [5, 5.41) is 7.81. The highest BCUT2D eigenvalue weighted by molar-refractivity contribution is 8.00. The Balaban J connectivity index is 1.87. The smallest absolute Gasteiger partial charge is 0.235 e. The van der Waals surface area contributed by atoms with Crippen LogP contribution in [-0.2, 0) is 11.3 Å². The van der Waals surface area contributed by atoms with Gasteiger partial charge in [0.2, 0.25) is 5.91 Å². The van der Waals surface area contributed by atoms with E-state index < -0.39 is 0 Å². The van der Waals surface area contributed by atoms with Gasteiger partial charge in [-0.25, -0.2) is 4.68 Å². The maximum Gasteiger partial charge on any atom is 0.235 e. The first-order valence-corrected chi connectivity index (χ1v) is 8.11. The average Bonchev–Trinajstić information content (AvgIpc) is 2.84. The molecule has 1 N–H and O–H groups in total. The van der Waals surface area contributed by atoms with Gasteiger partial charge in [0.25, 0.3) is 0 Å². The molecule has 4 nitrogen and oxygen atoms in total. The number of rotatable bonds is 6. The van der Waals surface area contributed by atoms with Crippen LogP contribution in [0.4, 0.5) is 5.82 Å². The molecule has 1 heterocycles. The van der Waals surface area contributed by atoms with Gasteiger partial charge in [0.1, 0.15) is 5.82 Å². The Labute approximate surface area is 133 Å². The van der Waals surface area contributed by atoms with Crippen LogP contribution in [0.5, 0.6) is 0 Å². The van der Waals surface area contributed by atoms with Crippen LogP contribution < -0.4 is 5.32 Å². The van der Waals surface area contributed by atoms with Crippen molar-refractivity contribution >= 4 is 35.1 Å². The molecule has 0 aliphatic rings. The molecule has 0 unspecified atom stereocenters. The molecule has 2 rings (SSSR count). The number of benzene rings is 1. The average molecular weight is 324 g/mol. The van der Waals surface area contributed by atoms with Crippen LogP contribution in [0.15, 0.2) is 41.4 Å². The van der Waals surface area contributed by atoms with Crippen molar-refractivity contribution in [3.63, 3.8) is 0 Å². The summed E-state index contributed by atoms with van der Waals surface area (Å²) >= 11 is 7.31. The summed E-state index contributed by atoms with van der Waals surface area (Å²) in [7, 11) is 0. The lowest BCUT2D eigenvalue weighted by Gasteiger charge is -2.10. The Morgan fingerprint density at radius 2 is 2.05 bits per heavy atom. The highest BCUT2D eigenvalue weighted by Gasteiger charge is 2.09. The summed E-state index contributed by atoms with van der Waals surface area (Å²) in [6.07, 6.45) is 1.70. The van der Waals surface area contributed by atoms with Gasteiger partial charge in [0.15, 0.2) is 0 Å². The summed E-state index contributed by atoms with van der Waals surface area (Å²) in [6.45, 7) is 5.01. The molecule has 0 saturated heterocycles. The number of halogens is 1. The van der Waals surface area contributed by atoms with Gasteiger partial charge in [-0.1, -0.05) is 25.4 Å². The summed E-state index contributed by atoms with van der Waals surface area (Å²) in [5.41, 5.74) is 0. The van der Waals surface area contributed by atoms with E-state index in [4.69, 9.17) is 11.6 Å². The van der Waals surface area contributed by atoms with Crippen molar-refractivity contribution in [1.82, 2.24) is 9.78 Å². The number of anilines is 1. The molecule has 6 heteroatoms. The number of carbonyl (C=O) groups excluding carboxylic acids is 1. The third-order valence-electron chi connectivity index (χ3n) is 2.71. The minimum absolute atomic E-state index is 0.0412. The summed E-state index contributed by atoms with van der Waals surface area (Å²) in [6, 6.07) is 9.26. The molecule has 1 amide bonds. The van der Waals surface area contributed by atoms with E-state index in [2.05, 4.69) is 24.3 Å². The molecular weight excluding hydrogens is 306 g/mol. The highest BCUT2D eigenvalue weighted by Crippen LogP contribution is 2.20. The maximum atomic E-state index is 12.0. The zero-order valence-electron chi connectivity index (χ0n) is 12.0. The Bertz CT molecular complexity index is 595. The summed E-state index contributed by atoms with van der Waals surface area (Å²) in [5.74, 6) is 1.53. The van der Waals surface area contributed by atoms with Crippen LogP contribution in [0.2, 0.25) is 5.02 Å². The molecule has 0 spiro atoms. The monoisotopic (exact) mass is 323 g/mol. The van der Waals surface area contributed by atoms with Crippen molar-refractivity contribution in [2.24, 2.45) is 5.92 Å². The van der Waals surface area contributed by atoms with E-state index in [1.54, 1.807) is 6.20 Å². The number of aromatic nitrogens is 2. The minimum Gasteiger partial charge on any atom is -0.310 e. The summed E-state index contributed by atoms with van der Waals surface area (Å²) in [4.78, 5) is 13.0. The molecule has 0 aliphatic carbocycles. The van der Waals surface area contributed by atoms with Gasteiger partial charge in [-0.2, -0.15) is 5.10 Å². The van der Waals surface area contributed by atoms with Gasteiger partial charge in [0, 0.05) is 22.5 Å². The molecule has 0 atom stereocenters. The zero-order valence-corrected chi connectivity index (χ0v) is 13.6. The van der Waals surface area contributed by atoms with Crippen molar-refractivity contribution in [1.29, 1.82) is 0 Å². The summed E-state index contributed by atoms with van der Waals surface area (Å²) < 4.78 is 1.82. The molecule has 0 bridgehead atoms. The highest BCUT2D eigenvalue weighted by atomic mass is 35.5. The molecule has 21 heavy (non-hydrogen) atoms. The van der Waals surface area contributed by atoms with E-state index >= 15 is 0 Å². The zero-order chi connectivity index (χ0) is 15.2. The Morgan fingerprint density at radius 1 is 1.33 bits per heavy atom. The van der Waals surface area contributed by atoms with Gasteiger partial charge in [-0.3, -0.25) is 4.79 Å². The number of nitrogens with zero attached hydrogens (tertiary/aromatic N) is 2. The first kappa shape index (κ1) is 15.9. The lowest BCUT2D eigenvalue weighted by molar-refractivity contribution is -0.113. The van der Waals surface area contributed by atoms with Gasteiger partial charge in [-0.05, 0) is 30.2 Å². The topological polar surface area (TPSA) is 46.9 Å². The fourth-order valence-electron chi connectivity index (χ4n) is 1.79. The third-order valence-corrected chi connectivity index (χ3v) is 3.97. The predicted molar refractivity (Wildman–Crippen MR) is 87.9 cm³/mol. The fourth-order valence-corrected chi connectivity index (χ4v) is 2.61. The van der Waals surface area contributed by atoms with Crippen molar-refractivity contribution in [2.45, 2.75) is 25.3 Å². The van der Waals surface area contributed by atoms with Gasteiger partial charge in [-0.15, -0.1) is 11.8 Å². The van der Waals surface area contributed by atoms with Gasteiger partial charge < -0.3 is 5.32 Å². The Kier molecular flexibility index (Phi) is 5.70. The standard InChI is InChI=1S/C15H18ClN3OS/c1-11(2)9-19-14(7-8-17-19)18-15(20)10-21-13-5-3-12(16)4-6-13/h3-8,11H,9-10H2,1-2H3,(H,18,20). The number of thioether (sulfide) groups is 1. The van der Waals surface area contributed by atoms with Crippen LogP contribution >= 0.6 is 23.4 Å². The Hall–Kier alpha value is -1.46. The van der Waals surface area contributed by atoms with E-state index in [0.29, 0.717) is 16.7 Å². The molecule has 0 fully saturated rings. The number of hydrogen-bond donors (Lipinski definition) is 1. The van der Waals surface area contributed by atoms with E-state index in [-0.39, 0.29) is 5.91 Å².